The van der Waals surface area contributed by atoms with Crippen LogP contribution >= 0.6 is 0 Å². The van der Waals surface area contributed by atoms with Crippen molar-refractivity contribution in [2.45, 2.75) is 26.9 Å². The minimum atomic E-state index is 0.273. The molecule has 0 aromatic carbocycles. The molecule has 14 heavy (non-hydrogen) atoms. The molecule has 0 spiro atoms. The van der Waals surface area contributed by atoms with Crippen molar-refractivity contribution in [2.75, 3.05) is 18.5 Å². The average Bonchev–Trinajstić information content (AvgIpc) is 2.12. The third-order valence-electron chi connectivity index (χ3n) is 1.63. The molecule has 0 atom stereocenters. The molecule has 0 aliphatic carbocycles. The standard InChI is InChI=1S/C10H17N3O/c1-8(2)14-7-6-12-10-11-5-4-9(3)13-10/h4-5,8H,6-7H2,1-3H3,(H,11,12,13). The fourth-order valence-corrected chi connectivity index (χ4v) is 0.992. The van der Waals surface area contributed by atoms with Crippen LogP contribution in [0.2, 0.25) is 0 Å². The molecule has 0 aliphatic heterocycles. The molecule has 1 rings (SSSR count). The van der Waals surface area contributed by atoms with Crippen LogP contribution in [0.4, 0.5) is 5.95 Å². The van der Waals surface area contributed by atoms with Crippen LogP contribution in [0.3, 0.4) is 0 Å². The first-order chi connectivity index (χ1) is 6.68. The zero-order valence-corrected chi connectivity index (χ0v) is 8.95. The number of aromatic nitrogens is 2. The van der Waals surface area contributed by atoms with Crippen LogP contribution in [0.1, 0.15) is 19.5 Å². The number of nitrogens with one attached hydrogen (secondary N) is 1. The summed E-state index contributed by atoms with van der Waals surface area (Å²) in [6.07, 6.45) is 2.02. The van der Waals surface area contributed by atoms with E-state index in [0.717, 1.165) is 12.2 Å². The SMILES string of the molecule is Cc1ccnc(NCCOC(C)C)n1. The molecule has 1 aromatic heterocycles. The van der Waals surface area contributed by atoms with Crippen LogP contribution in [-0.2, 0) is 4.74 Å². The van der Waals surface area contributed by atoms with E-state index in [2.05, 4.69) is 15.3 Å². The van der Waals surface area contributed by atoms with Gasteiger partial charge in [0.15, 0.2) is 0 Å². The van der Waals surface area contributed by atoms with E-state index in [1.54, 1.807) is 6.20 Å². The Kier molecular flexibility index (Phi) is 4.32. The Bertz CT molecular complexity index is 276. The molecule has 4 nitrogen and oxygen atoms in total. The van der Waals surface area contributed by atoms with Crippen LogP contribution in [-0.4, -0.2) is 29.2 Å². The molecule has 1 N–H and O–H groups in total. The number of anilines is 1. The second kappa shape index (κ2) is 5.54. The van der Waals surface area contributed by atoms with Crippen molar-refractivity contribution in [2.24, 2.45) is 0 Å². The van der Waals surface area contributed by atoms with E-state index in [0.29, 0.717) is 12.6 Å². The lowest BCUT2D eigenvalue weighted by molar-refractivity contribution is 0.0870. The Balaban J connectivity index is 2.25. The summed E-state index contributed by atoms with van der Waals surface area (Å²) in [4.78, 5) is 8.29. The molecule has 1 aromatic rings. The molecular weight excluding hydrogens is 178 g/mol. The van der Waals surface area contributed by atoms with E-state index in [1.165, 1.54) is 0 Å². The predicted molar refractivity (Wildman–Crippen MR) is 56.3 cm³/mol. The highest BCUT2D eigenvalue weighted by atomic mass is 16.5. The Labute approximate surface area is 84.7 Å². The van der Waals surface area contributed by atoms with Gasteiger partial charge in [-0.1, -0.05) is 0 Å². The monoisotopic (exact) mass is 195 g/mol. The quantitative estimate of drug-likeness (QED) is 0.725. The maximum atomic E-state index is 5.38. The van der Waals surface area contributed by atoms with E-state index in [9.17, 15) is 0 Å². The lowest BCUT2D eigenvalue weighted by Gasteiger charge is -2.08. The number of ether oxygens (including phenoxy) is 1. The van der Waals surface area contributed by atoms with Gasteiger partial charge in [0.2, 0.25) is 5.95 Å². The molecule has 4 heteroatoms. The van der Waals surface area contributed by atoms with Crippen molar-refractivity contribution in [1.82, 2.24) is 9.97 Å². The Morgan fingerprint density at radius 3 is 2.93 bits per heavy atom. The zero-order valence-electron chi connectivity index (χ0n) is 8.95. The fraction of sp³-hybridized carbons (Fsp3) is 0.600. The van der Waals surface area contributed by atoms with Gasteiger partial charge in [0, 0.05) is 18.4 Å². The van der Waals surface area contributed by atoms with Crippen molar-refractivity contribution in [3.05, 3.63) is 18.0 Å². The third-order valence-corrected chi connectivity index (χ3v) is 1.63. The maximum absolute atomic E-state index is 5.38. The summed E-state index contributed by atoms with van der Waals surface area (Å²) in [5, 5.41) is 3.09. The van der Waals surface area contributed by atoms with Crippen molar-refractivity contribution in [1.29, 1.82) is 0 Å². The molecule has 0 saturated heterocycles. The molecular formula is C10H17N3O. The van der Waals surface area contributed by atoms with Gasteiger partial charge in [0.25, 0.3) is 0 Å². The Morgan fingerprint density at radius 2 is 2.29 bits per heavy atom. The Morgan fingerprint density at radius 1 is 1.50 bits per heavy atom. The third kappa shape index (κ3) is 4.18. The van der Waals surface area contributed by atoms with Gasteiger partial charge in [-0.3, -0.25) is 0 Å². The summed E-state index contributed by atoms with van der Waals surface area (Å²) in [7, 11) is 0. The molecule has 1 heterocycles. The molecule has 0 saturated carbocycles. The highest BCUT2D eigenvalue weighted by Gasteiger charge is 1.96. The van der Waals surface area contributed by atoms with Gasteiger partial charge in [-0.15, -0.1) is 0 Å². The minimum absolute atomic E-state index is 0.273. The number of hydrogen-bond donors (Lipinski definition) is 1. The summed E-state index contributed by atoms with van der Waals surface area (Å²) < 4.78 is 5.38. The highest BCUT2D eigenvalue weighted by molar-refractivity contribution is 5.24. The number of nitrogens with zero attached hydrogens (tertiary/aromatic N) is 2. The summed E-state index contributed by atoms with van der Waals surface area (Å²) in [6, 6.07) is 1.87. The number of aryl methyl sites for hydroxylation is 1. The molecule has 0 amide bonds. The maximum Gasteiger partial charge on any atom is 0.222 e. The second-order valence-corrected chi connectivity index (χ2v) is 3.37. The lowest BCUT2D eigenvalue weighted by atomic mass is 10.4. The van der Waals surface area contributed by atoms with Crippen molar-refractivity contribution < 1.29 is 4.74 Å². The highest BCUT2D eigenvalue weighted by Crippen LogP contribution is 1.98. The van der Waals surface area contributed by atoms with Gasteiger partial charge in [-0.25, -0.2) is 9.97 Å². The van der Waals surface area contributed by atoms with Crippen molar-refractivity contribution >= 4 is 5.95 Å². The average molecular weight is 195 g/mol. The largest absolute Gasteiger partial charge is 0.377 e. The van der Waals surface area contributed by atoms with Crippen LogP contribution in [0.15, 0.2) is 12.3 Å². The van der Waals surface area contributed by atoms with Gasteiger partial charge in [0.1, 0.15) is 0 Å². The van der Waals surface area contributed by atoms with E-state index >= 15 is 0 Å². The first kappa shape index (κ1) is 10.9. The molecule has 0 unspecified atom stereocenters. The molecule has 78 valence electrons. The van der Waals surface area contributed by atoms with Crippen LogP contribution in [0.5, 0.6) is 0 Å². The minimum Gasteiger partial charge on any atom is -0.377 e. The lowest BCUT2D eigenvalue weighted by Crippen LogP contribution is -2.14. The van der Waals surface area contributed by atoms with E-state index < -0.39 is 0 Å². The normalized spacial score (nSPS) is 10.6. The van der Waals surface area contributed by atoms with Crippen LogP contribution in [0, 0.1) is 6.92 Å². The number of rotatable bonds is 5. The van der Waals surface area contributed by atoms with Gasteiger partial charge in [-0.2, -0.15) is 0 Å². The van der Waals surface area contributed by atoms with Crippen LogP contribution in [0.25, 0.3) is 0 Å². The molecule has 0 bridgehead atoms. The van der Waals surface area contributed by atoms with Gasteiger partial charge >= 0.3 is 0 Å². The van der Waals surface area contributed by atoms with E-state index in [1.807, 2.05) is 26.8 Å². The topological polar surface area (TPSA) is 47.0 Å². The van der Waals surface area contributed by atoms with Crippen molar-refractivity contribution in [3.8, 4) is 0 Å². The summed E-state index contributed by atoms with van der Waals surface area (Å²) in [5.74, 6) is 0.664. The fourth-order valence-electron chi connectivity index (χ4n) is 0.992. The van der Waals surface area contributed by atoms with Gasteiger partial charge in [0.05, 0.1) is 12.7 Å². The van der Waals surface area contributed by atoms with E-state index in [-0.39, 0.29) is 6.10 Å². The zero-order chi connectivity index (χ0) is 10.4. The van der Waals surface area contributed by atoms with Gasteiger partial charge < -0.3 is 10.1 Å². The van der Waals surface area contributed by atoms with Crippen LogP contribution < -0.4 is 5.32 Å². The Hall–Kier alpha value is -1.16. The second-order valence-electron chi connectivity index (χ2n) is 3.37. The summed E-state index contributed by atoms with van der Waals surface area (Å²) in [6.45, 7) is 7.39. The predicted octanol–water partition coefficient (Wildman–Crippen LogP) is 1.62. The first-order valence-corrected chi connectivity index (χ1v) is 4.83. The van der Waals surface area contributed by atoms with Crippen molar-refractivity contribution in [3.63, 3.8) is 0 Å². The molecule has 0 radical (unpaired) electrons. The first-order valence-electron chi connectivity index (χ1n) is 4.83. The molecule has 0 aliphatic rings. The molecule has 0 fully saturated rings. The smallest absolute Gasteiger partial charge is 0.222 e. The van der Waals surface area contributed by atoms with E-state index in [4.69, 9.17) is 4.74 Å². The number of hydrogen-bond acceptors (Lipinski definition) is 4. The summed E-state index contributed by atoms with van der Waals surface area (Å²) >= 11 is 0. The van der Waals surface area contributed by atoms with Gasteiger partial charge in [-0.05, 0) is 26.8 Å². The summed E-state index contributed by atoms with van der Waals surface area (Å²) in [5.41, 5.74) is 0.965.